The number of alkyl halides is 4. The number of amides is 1. The number of Topliss-reactive ketones (excluding diaryl/α,β-unsaturated/α-hetero) is 1. The van der Waals surface area contributed by atoms with Crippen LogP contribution in [0.5, 0.6) is 5.75 Å². The standard InChI is InChI=1S/C30H30ClF5N2O5/c1-16-24(39)14-38(26(16)28(41)42)27(40)21-11-20(17-2-3-17)25(12-23(21)32)43-15-29(33)6-8-37(9-7-29)13-18-10-19(30(34,35)36)4-5-22(18)31/h4-5,10-12,16-17,26H,2-3,6-9,13-15H2,1H3,(H,41,42)/t16?,26-/m0/s1. The highest BCUT2D eigenvalue weighted by atomic mass is 35.5. The molecule has 2 heterocycles. The maximum absolute atomic E-state index is 15.8. The van der Waals surface area contributed by atoms with Gasteiger partial charge in [-0.15, -0.1) is 0 Å². The van der Waals surface area contributed by atoms with Gasteiger partial charge in [-0.1, -0.05) is 18.5 Å². The van der Waals surface area contributed by atoms with Gasteiger partial charge in [-0.05, 0) is 67.0 Å². The molecule has 1 unspecified atom stereocenters. The average molecular weight is 629 g/mol. The Bertz CT molecular complexity index is 1440. The minimum absolute atomic E-state index is 0.0269. The third-order valence-electron chi connectivity index (χ3n) is 8.51. The van der Waals surface area contributed by atoms with Crippen LogP contribution in [0.4, 0.5) is 22.0 Å². The Hall–Kier alpha value is -3.25. The van der Waals surface area contributed by atoms with Gasteiger partial charge in [0.05, 0.1) is 17.7 Å². The lowest BCUT2D eigenvalue weighted by Gasteiger charge is -2.36. The van der Waals surface area contributed by atoms with E-state index in [1.54, 1.807) is 0 Å². The fourth-order valence-electron chi connectivity index (χ4n) is 5.71. The highest BCUT2D eigenvalue weighted by molar-refractivity contribution is 6.31. The van der Waals surface area contributed by atoms with Gasteiger partial charge in [-0.25, -0.2) is 13.6 Å². The summed E-state index contributed by atoms with van der Waals surface area (Å²) in [4.78, 5) is 39.7. The Morgan fingerprint density at radius 2 is 1.81 bits per heavy atom. The molecule has 0 aromatic heterocycles. The number of carbonyl (C=O) groups excluding carboxylic acids is 2. The normalized spacial score (nSPS) is 22.6. The highest BCUT2D eigenvalue weighted by Crippen LogP contribution is 2.46. The predicted molar refractivity (Wildman–Crippen MR) is 145 cm³/mol. The lowest BCUT2D eigenvalue weighted by molar-refractivity contribution is -0.143. The lowest BCUT2D eigenvalue weighted by atomic mass is 9.93. The van der Waals surface area contributed by atoms with Crippen LogP contribution < -0.4 is 4.74 Å². The van der Waals surface area contributed by atoms with Crippen LogP contribution in [0.3, 0.4) is 0 Å². The van der Waals surface area contributed by atoms with E-state index in [-0.39, 0.29) is 54.7 Å². The highest BCUT2D eigenvalue weighted by Gasteiger charge is 2.46. The van der Waals surface area contributed by atoms with Crippen LogP contribution in [0.2, 0.25) is 5.02 Å². The molecule has 0 radical (unpaired) electrons. The molecule has 0 spiro atoms. The summed E-state index contributed by atoms with van der Waals surface area (Å²) in [5, 5.41) is 9.74. The molecule has 1 saturated carbocycles. The molecule has 1 N–H and O–H groups in total. The van der Waals surface area contributed by atoms with Crippen LogP contribution in [-0.4, -0.2) is 70.5 Å². The van der Waals surface area contributed by atoms with Gasteiger partial charge in [0.2, 0.25) is 0 Å². The van der Waals surface area contributed by atoms with Crippen LogP contribution >= 0.6 is 11.6 Å². The number of carboxylic acid groups (broad SMARTS) is 1. The topological polar surface area (TPSA) is 87.2 Å². The Labute approximate surface area is 249 Å². The minimum Gasteiger partial charge on any atom is -0.490 e. The number of likely N-dealkylation sites (tertiary alicyclic amines) is 2. The summed E-state index contributed by atoms with van der Waals surface area (Å²) in [7, 11) is 0. The number of benzene rings is 2. The Kier molecular flexibility index (Phi) is 8.47. The molecule has 3 aliphatic rings. The van der Waals surface area contributed by atoms with E-state index in [2.05, 4.69) is 0 Å². The van der Waals surface area contributed by atoms with Crippen molar-refractivity contribution in [1.82, 2.24) is 9.80 Å². The average Bonchev–Trinajstić information content (AvgIpc) is 3.73. The summed E-state index contributed by atoms with van der Waals surface area (Å²) in [6, 6.07) is 4.02. The molecule has 3 fully saturated rings. The van der Waals surface area contributed by atoms with Gasteiger partial charge in [-0.2, -0.15) is 13.2 Å². The zero-order valence-corrected chi connectivity index (χ0v) is 24.0. The largest absolute Gasteiger partial charge is 0.490 e. The van der Waals surface area contributed by atoms with Gasteiger partial charge in [0.1, 0.15) is 29.9 Å². The summed E-state index contributed by atoms with van der Waals surface area (Å²) >= 11 is 6.12. The summed E-state index contributed by atoms with van der Waals surface area (Å²) in [5.74, 6) is -4.54. The molecular weight excluding hydrogens is 599 g/mol. The van der Waals surface area contributed by atoms with Gasteiger partial charge in [-0.3, -0.25) is 14.5 Å². The number of nitrogens with zero attached hydrogens (tertiary/aromatic N) is 2. The third kappa shape index (κ3) is 6.64. The van der Waals surface area contributed by atoms with Gasteiger partial charge in [0, 0.05) is 36.6 Å². The van der Waals surface area contributed by atoms with Crippen molar-refractivity contribution in [2.45, 2.75) is 63.0 Å². The van der Waals surface area contributed by atoms with E-state index in [1.807, 2.05) is 4.90 Å². The molecule has 2 aromatic rings. The second-order valence-corrected chi connectivity index (χ2v) is 12.0. The van der Waals surface area contributed by atoms with E-state index in [0.717, 1.165) is 35.9 Å². The van der Waals surface area contributed by atoms with Crippen LogP contribution in [-0.2, 0) is 22.3 Å². The number of ketones is 1. The van der Waals surface area contributed by atoms with Crippen LogP contribution in [0.25, 0.3) is 0 Å². The van der Waals surface area contributed by atoms with E-state index in [9.17, 15) is 32.7 Å². The maximum Gasteiger partial charge on any atom is 0.416 e. The van der Waals surface area contributed by atoms with Crippen molar-refractivity contribution in [1.29, 1.82) is 0 Å². The van der Waals surface area contributed by atoms with Gasteiger partial charge in [0.25, 0.3) is 5.91 Å². The molecule has 2 aliphatic heterocycles. The van der Waals surface area contributed by atoms with Crippen molar-refractivity contribution in [3.8, 4) is 5.75 Å². The monoisotopic (exact) mass is 628 g/mol. The Balaban J connectivity index is 1.25. The molecule has 5 rings (SSSR count). The van der Waals surface area contributed by atoms with Crippen molar-refractivity contribution in [2.75, 3.05) is 26.2 Å². The first-order valence-electron chi connectivity index (χ1n) is 14.0. The summed E-state index contributed by atoms with van der Waals surface area (Å²) in [5.41, 5.74) is -2.16. The van der Waals surface area contributed by atoms with Crippen LogP contribution in [0.15, 0.2) is 30.3 Å². The molecule has 2 saturated heterocycles. The van der Waals surface area contributed by atoms with Crippen molar-refractivity contribution in [3.05, 3.63) is 63.4 Å². The number of piperidine rings is 1. The number of carbonyl (C=O) groups is 3. The van der Waals surface area contributed by atoms with Crippen molar-refractivity contribution in [2.24, 2.45) is 5.92 Å². The zero-order chi connectivity index (χ0) is 31.3. The minimum atomic E-state index is -4.51. The second kappa shape index (κ2) is 11.7. The van der Waals surface area contributed by atoms with Gasteiger partial charge >= 0.3 is 12.1 Å². The Morgan fingerprint density at radius 1 is 1.14 bits per heavy atom. The molecule has 232 valence electrons. The molecule has 1 amide bonds. The molecule has 1 aliphatic carbocycles. The first-order chi connectivity index (χ1) is 20.2. The summed E-state index contributed by atoms with van der Waals surface area (Å²) in [6.45, 7) is 1.18. The van der Waals surface area contributed by atoms with Crippen molar-refractivity contribution >= 4 is 29.3 Å². The molecule has 2 aromatic carbocycles. The summed E-state index contributed by atoms with van der Waals surface area (Å²) in [6.07, 6.45) is -2.96. The fraction of sp³-hybridized carbons (Fsp3) is 0.500. The number of aliphatic carboxylic acids is 1. The quantitative estimate of drug-likeness (QED) is 0.368. The number of hydrogen-bond donors (Lipinski definition) is 1. The lowest BCUT2D eigenvalue weighted by Crippen LogP contribution is -2.44. The molecule has 2 atom stereocenters. The first-order valence-corrected chi connectivity index (χ1v) is 14.3. The smallest absolute Gasteiger partial charge is 0.416 e. The number of hydrogen-bond acceptors (Lipinski definition) is 5. The SMILES string of the molecule is CC1C(=O)CN(C(=O)c2cc(C3CC3)c(OCC3(F)CCN(Cc4cc(C(F)(F)F)ccc4Cl)CC3)cc2F)[C@@H]1C(=O)O. The fourth-order valence-corrected chi connectivity index (χ4v) is 5.88. The molecule has 0 bridgehead atoms. The van der Waals surface area contributed by atoms with Gasteiger partial charge < -0.3 is 14.7 Å². The number of ether oxygens (including phenoxy) is 1. The van der Waals surface area contributed by atoms with E-state index >= 15 is 8.78 Å². The summed E-state index contributed by atoms with van der Waals surface area (Å²) < 4.78 is 76.2. The predicted octanol–water partition coefficient (Wildman–Crippen LogP) is 5.87. The van der Waals surface area contributed by atoms with E-state index < -0.39 is 66.0 Å². The van der Waals surface area contributed by atoms with Crippen LogP contribution in [0, 0.1) is 11.7 Å². The van der Waals surface area contributed by atoms with E-state index in [0.29, 0.717) is 11.1 Å². The molecule has 43 heavy (non-hydrogen) atoms. The van der Waals surface area contributed by atoms with Crippen molar-refractivity contribution in [3.63, 3.8) is 0 Å². The zero-order valence-electron chi connectivity index (χ0n) is 23.2. The molecular formula is C30H30ClF5N2O5. The van der Waals surface area contributed by atoms with Crippen LogP contribution in [0.1, 0.15) is 65.6 Å². The second-order valence-electron chi connectivity index (χ2n) is 11.6. The van der Waals surface area contributed by atoms with Gasteiger partial charge in [0.15, 0.2) is 5.78 Å². The van der Waals surface area contributed by atoms with Crippen molar-refractivity contribution < 1.29 is 46.2 Å². The first kappa shape index (κ1) is 31.2. The third-order valence-corrected chi connectivity index (χ3v) is 8.88. The molecule has 7 nitrogen and oxygen atoms in total. The maximum atomic E-state index is 15.8. The molecule has 13 heteroatoms. The Morgan fingerprint density at radius 3 is 2.42 bits per heavy atom. The number of rotatable bonds is 8. The number of halogens is 6. The van der Waals surface area contributed by atoms with E-state index in [4.69, 9.17) is 16.3 Å². The number of carboxylic acids is 1. The van der Waals surface area contributed by atoms with E-state index in [1.165, 1.54) is 19.1 Å².